The third kappa shape index (κ3) is 4.86. The van der Waals surface area contributed by atoms with E-state index >= 15 is 0 Å². The van der Waals surface area contributed by atoms with Crippen molar-refractivity contribution in [1.82, 2.24) is 10.2 Å². The van der Waals surface area contributed by atoms with Crippen LogP contribution in [0.4, 0.5) is 16.5 Å². The van der Waals surface area contributed by atoms with Crippen LogP contribution in [0.3, 0.4) is 0 Å². The second-order valence-electron chi connectivity index (χ2n) is 7.80. The maximum Gasteiger partial charge on any atom is 0.263 e. The minimum Gasteiger partial charge on any atom is -0.372 e. The molecular weight excluding hydrogens is 458 g/mol. The van der Waals surface area contributed by atoms with Crippen molar-refractivity contribution < 1.29 is 13.2 Å². The first-order chi connectivity index (χ1) is 15.8. The molecule has 0 saturated carbocycles. The van der Waals surface area contributed by atoms with E-state index in [9.17, 15) is 13.2 Å². The first-order valence-corrected chi connectivity index (χ1v) is 13.2. The molecule has 33 heavy (non-hydrogen) atoms. The molecule has 0 bridgehead atoms. The number of aromatic nitrogens is 2. The topological polar surface area (TPSA) is 95.5 Å². The van der Waals surface area contributed by atoms with Crippen molar-refractivity contribution in [2.45, 2.75) is 38.5 Å². The SMILES string of the molecule is CCN(CC)c1ccc(C(=O)N2CCCc3cc(S(=O)(=O)Nc4nnc(C)s4)ccc32)cc1. The standard InChI is InChI=1S/C23H27N5O3S2/c1-4-27(5-2)19-10-8-17(9-11-19)22(29)28-14-6-7-18-15-20(12-13-21(18)28)33(30,31)26-23-25-24-16(3)32-23/h8-13,15H,4-7,14H2,1-3H3,(H,25,26). The summed E-state index contributed by atoms with van der Waals surface area (Å²) < 4.78 is 28.1. The zero-order valence-electron chi connectivity index (χ0n) is 18.9. The number of nitrogens with one attached hydrogen (secondary N) is 1. The Bertz CT molecular complexity index is 1250. The lowest BCUT2D eigenvalue weighted by Crippen LogP contribution is -2.35. The number of amides is 1. The number of nitrogens with zero attached hydrogens (tertiary/aromatic N) is 4. The minimum atomic E-state index is -3.79. The van der Waals surface area contributed by atoms with Crippen LogP contribution >= 0.6 is 11.3 Å². The van der Waals surface area contributed by atoms with Gasteiger partial charge < -0.3 is 9.80 Å². The predicted octanol–water partition coefficient (Wildman–Crippen LogP) is 4.09. The molecule has 1 aromatic heterocycles. The monoisotopic (exact) mass is 485 g/mol. The van der Waals surface area contributed by atoms with Gasteiger partial charge in [-0.15, -0.1) is 10.2 Å². The Balaban J connectivity index is 1.57. The lowest BCUT2D eigenvalue weighted by molar-refractivity contribution is 0.0985. The molecule has 4 rings (SSSR count). The van der Waals surface area contributed by atoms with E-state index < -0.39 is 10.0 Å². The second-order valence-corrected chi connectivity index (χ2v) is 10.7. The van der Waals surface area contributed by atoms with E-state index in [4.69, 9.17) is 0 Å². The molecule has 0 radical (unpaired) electrons. The Labute approximate surface area is 198 Å². The van der Waals surface area contributed by atoms with Crippen molar-refractivity contribution in [1.29, 1.82) is 0 Å². The van der Waals surface area contributed by atoms with Gasteiger partial charge in [0, 0.05) is 36.6 Å². The van der Waals surface area contributed by atoms with Crippen LogP contribution in [0.5, 0.6) is 0 Å². The molecule has 3 aromatic rings. The lowest BCUT2D eigenvalue weighted by Gasteiger charge is -2.30. The van der Waals surface area contributed by atoms with E-state index in [0.717, 1.165) is 36.4 Å². The minimum absolute atomic E-state index is 0.0832. The van der Waals surface area contributed by atoms with Crippen molar-refractivity contribution >= 4 is 43.8 Å². The lowest BCUT2D eigenvalue weighted by atomic mass is 10.0. The molecule has 2 aromatic carbocycles. The molecular formula is C23H27N5O3S2. The van der Waals surface area contributed by atoms with Crippen LogP contribution in [-0.4, -0.2) is 44.2 Å². The van der Waals surface area contributed by atoms with Gasteiger partial charge in [0.25, 0.3) is 15.9 Å². The second kappa shape index (κ2) is 9.48. The van der Waals surface area contributed by atoms with Gasteiger partial charge in [0.1, 0.15) is 5.01 Å². The molecule has 0 saturated heterocycles. The summed E-state index contributed by atoms with van der Waals surface area (Å²) in [4.78, 5) is 17.4. The highest BCUT2D eigenvalue weighted by Gasteiger charge is 2.26. The summed E-state index contributed by atoms with van der Waals surface area (Å²) in [5.41, 5.74) is 3.29. The number of fused-ring (bicyclic) bond motifs is 1. The highest BCUT2D eigenvalue weighted by molar-refractivity contribution is 7.93. The third-order valence-corrected chi connectivity index (χ3v) is 7.94. The number of carbonyl (C=O) groups excluding carboxylic acids is 1. The first kappa shape index (κ1) is 23.2. The van der Waals surface area contributed by atoms with E-state index in [1.54, 1.807) is 24.0 Å². The largest absolute Gasteiger partial charge is 0.372 e. The molecule has 2 heterocycles. The number of hydrogen-bond donors (Lipinski definition) is 1. The van der Waals surface area contributed by atoms with E-state index in [2.05, 4.69) is 33.7 Å². The quantitative estimate of drug-likeness (QED) is 0.542. The molecule has 1 aliphatic heterocycles. The number of rotatable bonds is 7. The van der Waals surface area contributed by atoms with Gasteiger partial charge in [0.15, 0.2) is 0 Å². The van der Waals surface area contributed by atoms with E-state index in [1.807, 2.05) is 24.3 Å². The molecule has 174 valence electrons. The Hall–Kier alpha value is -2.98. The average Bonchev–Trinajstić information content (AvgIpc) is 3.22. The molecule has 8 nitrogen and oxygen atoms in total. The van der Waals surface area contributed by atoms with Gasteiger partial charge in [-0.3, -0.25) is 9.52 Å². The summed E-state index contributed by atoms with van der Waals surface area (Å²) >= 11 is 1.18. The number of carbonyl (C=O) groups is 1. The van der Waals surface area contributed by atoms with Crippen LogP contribution in [0.1, 0.15) is 41.2 Å². The van der Waals surface area contributed by atoms with Crippen molar-refractivity contribution in [3.05, 3.63) is 58.6 Å². The predicted molar refractivity (Wildman–Crippen MR) is 132 cm³/mol. The van der Waals surface area contributed by atoms with Crippen molar-refractivity contribution in [2.24, 2.45) is 0 Å². The van der Waals surface area contributed by atoms with E-state index in [1.165, 1.54) is 17.4 Å². The summed E-state index contributed by atoms with van der Waals surface area (Å²) in [6.07, 6.45) is 1.48. The van der Waals surface area contributed by atoms with Crippen molar-refractivity contribution in [3.8, 4) is 0 Å². The molecule has 1 amide bonds. The molecule has 10 heteroatoms. The fraction of sp³-hybridized carbons (Fsp3) is 0.348. The highest BCUT2D eigenvalue weighted by atomic mass is 32.2. The molecule has 0 spiro atoms. The smallest absolute Gasteiger partial charge is 0.263 e. The van der Waals surface area contributed by atoms with Gasteiger partial charge in [0.2, 0.25) is 5.13 Å². The molecule has 0 unspecified atom stereocenters. The Morgan fingerprint density at radius 1 is 1.12 bits per heavy atom. The van der Waals surface area contributed by atoms with Crippen LogP contribution in [-0.2, 0) is 16.4 Å². The summed E-state index contributed by atoms with van der Waals surface area (Å²) in [7, 11) is -3.79. The maximum absolute atomic E-state index is 13.3. The Kier molecular flexibility index (Phi) is 6.66. The zero-order valence-corrected chi connectivity index (χ0v) is 20.5. The number of anilines is 3. The Morgan fingerprint density at radius 3 is 2.48 bits per heavy atom. The van der Waals surface area contributed by atoms with Crippen molar-refractivity contribution in [3.63, 3.8) is 0 Å². The maximum atomic E-state index is 13.3. The van der Waals surface area contributed by atoms with Crippen LogP contribution < -0.4 is 14.5 Å². The fourth-order valence-corrected chi connectivity index (χ4v) is 5.89. The molecule has 1 N–H and O–H groups in total. The molecule has 0 aliphatic carbocycles. The van der Waals surface area contributed by atoms with Crippen LogP contribution in [0, 0.1) is 6.92 Å². The van der Waals surface area contributed by atoms with Gasteiger partial charge >= 0.3 is 0 Å². The van der Waals surface area contributed by atoms with Crippen LogP contribution in [0.15, 0.2) is 47.4 Å². The van der Waals surface area contributed by atoms with E-state index in [0.29, 0.717) is 23.5 Å². The van der Waals surface area contributed by atoms with Gasteiger partial charge in [0.05, 0.1) is 4.90 Å². The van der Waals surface area contributed by atoms with Crippen LogP contribution in [0.2, 0.25) is 0 Å². The van der Waals surface area contributed by atoms with Gasteiger partial charge in [-0.05, 0) is 81.6 Å². The number of sulfonamides is 1. The summed E-state index contributed by atoms with van der Waals surface area (Å²) in [6.45, 7) is 8.37. The van der Waals surface area contributed by atoms with E-state index in [-0.39, 0.29) is 15.9 Å². The first-order valence-electron chi connectivity index (χ1n) is 10.9. The van der Waals surface area contributed by atoms with Crippen LogP contribution in [0.25, 0.3) is 0 Å². The molecule has 1 aliphatic rings. The zero-order chi connectivity index (χ0) is 23.6. The van der Waals surface area contributed by atoms with Gasteiger partial charge in [-0.2, -0.15) is 0 Å². The number of hydrogen-bond acceptors (Lipinski definition) is 7. The van der Waals surface area contributed by atoms with Crippen molar-refractivity contribution in [2.75, 3.05) is 34.2 Å². The number of benzene rings is 2. The normalized spacial score (nSPS) is 13.5. The summed E-state index contributed by atoms with van der Waals surface area (Å²) in [5.74, 6) is -0.0832. The molecule has 0 atom stereocenters. The average molecular weight is 486 g/mol. The third-order valence-electron chi connectivity index (χ3n) is 5.72. The van der Waals surface area contributed by atoms with Gasteiger partial charge in [-0.1, -0.05) is 11.3 Å². The van der Waals surface area contributed by atoms with Gasteiger partial charge in [-0.25, -0.2) is 8.42 Å². The summed E-state index contributed by atoms with van der Waals surface area (Å²) in [6, 6.07) is 12.6. The fourth-order valence-electron chi connectivity index (χ4n) is 4.02. The molecule has 0 fully saturated rings. The Morgan fingerprint density at radius 2 is 1.85 bits per heavy atom. The number of aryl methyl sites for hydroxylation is 2. The highest BCUT2D eigenvalue weighted by Crippen LogP contribution is 2.31. The summed E-state index contributed by atoms with van der Waals surface area (Å²) in [5, 5.41) is 8.58.